The second kappa shape index (κ2) is 7.45. The number of nitrogens with zero attached hydrogens (tertiary/aromatic N) is 2. The van der Waals surface area contributed by atoms with Crippen molar-refractivity contribution in [3.63, 3.8) is 0 Å². The number of halogens is 1. The number of likely N-dealkylation sites (tertiary alicyclic amines) is 1. The van der Waals surface area contributed by atoms with Crippen molar-refractivity contribution in [3.8, 4) is 0 Å². The van der Waals surface area contributed by atoms with Gasteiger partial charge in [-0.15, -0.1) is 0 Å². The highest BCUT2D eigenvalue weighted by Gasteiger charge is 2.31. The average molecular weight is 389 g/mol. The monoisotopic (exact) mass is 388 g/mol. The zero-order chi connectivity index (χ0) is 17.1. The van der Waals surface area contributed by atoms with Gasteiger partial charge in [0, 0.05) is 23.4 Å². The molecule has 2 heterocycles. The summed E-state index contributed by atoms with van der Waals surface area (Å²) < 4.78 is 1.03. The fourth-order valence-electron chi connectivity index (χ4n) is 3.50. The molecule has 0 amide bonds. The number of rotatable bonds is 4. The van der Waals surface area contributed by atoms with E-state index in [2.05, 4.69) is 44.9 Å². The van der Waals surface area contributed by atoms with E-state index in [4.69, 9.17) is 0 Å². The lowest BCUT2D eigenvalue weighted by molar-refractivity contribution is -0.143. The number of carboxylic acids is 1. The molecule has 0 spiro atoms. The maximum absolute atomic E-state index is 11.5. The summed E-state index contributed by atoms with van der Waals surface area (Å²) in [7, 11) is 0. The first-order chi connectivity index (χ1) is 11.6. The maximum atomic E-state index is 11.5. The predicted molar refractivity (Wildman–Crippen MR) is 96.9 cm³/mol. The highest BCUT2D eigenvalue weighted by Crippen LogP contribution is 2.34. The van der Waals surface area contributed by atoms with Gasteiger partial charge < -0.3 is 5.11 Å². The number of aromatic nitrogens is 1. The summed E-state index contributed by atoms with van der Waals surface area (Å²) in [6.07, 6.45) is 5.35. The first-order valence-corrected chi connectivity index (χ1v) is 8.98. The van der Waals surface area contributed by atoms with Crippen LogP contribution in [0.4, 0.5) is 0 Å². The fourth-order valence-corrected chi connectivity index (χ4v) is 3.91. The molecule has 2 aromatic rings. The van der Waals surface area contributed by atoms with Crippen LogP contribution in [0, 0.1) is 12.8 Å². The molecule has 2 unspecified atom stereocenters. The third kappa shape index (κ3) is 3.68. The highest BCUT2D eigenvalue weighted by molar-refractivity contribution is 9.10. The standard InChI is InChI=1S/C19H21BrN2O2/c1-13-11-21-8-7-17(13)18(14-4-2-6-16(20)10-14)22-9-3-5-15(12-22)19(23)24/h2,4,6-8,10-11,15,18H,3,5,9,12H2,1H3,(H,23,24). The lowest BCUT2D eigenvalue weighted by Crippen LogP contribution is -2.41. The lowest BCUT2D eigenvalue weighted by Gasteiger charge is -2.38. The predicted octanol–water partition coefficient (Wildman–Crippen LogP) is 4.04. The molecule has 0 aliphatic carbocycles. The molecule has 0 radical (unpaired) electrons. The second-order valence-corrected chi connectivity index (χ2v) is 7.28. The molecule has 1 N–H and O–H groups in total. The SMILES string of the molecule is Cc1cnccc1C(c1cccc(Br)c1)N1CCCC(C(=O)O)C1. The number of hydrogen-bond acceptors (Lipinski definition) is 3. The topological polar surface area (TPSA) is 53.4 Å². The Kier molecular flexibility index (Phi) is 5.31. The Morgan fingerprint density at radius 1 is 1.42 bits per heavy atom. The van der Waals surface area contributed by atoms with Crippen LogP contribution in [-0.4, -0.2) is 34.0 Å². The number of benzene rings is 1. The average Bonchev–Trinajstić information content (AvgIpc) is 2.57. The minimum Gasteiger partial charge on any atom is -0.481 e. The molecule has 5 heteroatoms. The minimum atomic E-state index is -0.695. The number of carbonyl (C=O) groups is 1. The lowest BCUT2D eigenvalue weighted by atomic mass is 9.90. The van der Waals surface area contributed by atoms with Crippen LogP contribution in [-0.2, 0) is 4.79 Å². The van der Waals surface area contributed by atoms with Gasteiger partial charge in [-0.2, -0.15) is 0 Å². The van der Waals surface area contributed by atoms with Crippen molar-refractivity contribution >= 4 is 21.9 Å². The maximum Gasteiger partial charge on any atom is 0.307 e. The molecular formula is C19H21BrN2O2. The number of pyridine rings is 1. The molecule has 2 atom stereocenters. The molecule has 1 aromatic heterocycles. The Hall–Kier alpha value is -1.72. The zero-order valence-electron chi connectivity index (χ0n) is 13.7. The van der Waals surface area contributed by atoms with Crippen LogP contribution >= 0.6 is 15.9 Å². The molecule has 1 aromatic carbocycles. The van der Waals surface area contributed by atoms with Gasteiger partial charge >= 0.3 is 5.97 Å². The van der Waals surface area contributed by atoms with Gasteiger partial charge in [0.1, 0.15) is 0 Å². The summed E-state index contributed by atoms with van der Waals surface area (Å²) in [6, 6.07) is 10.4. The number of piperidine rings is 1. The van der Waals surface area contributed by atoms with Gasteiger partial charge in [0.25, 0.3) is 0 Å². The van der Waals surface area contributed by atoms with E-state index in [-0.39, 0.29) is 12.0 Å². The van der Waals surface area contributed by atoms with Crippen LogP contribution in [0.15, 0.2) is 47.2 Å². The van der Waals surface area contributed by atoms with E-state index < -0.39 is 5.97 Å². The van der Waals surface area contributed by atoms with Crippen molar-refractivity contribution < 1.29 is 9.90 Å². The van der Waals surface area contributed by atoms with Crippen LogP contribution in [0.5, 0.6) is 0 Å². The molecule has 1 saturated heterocycles. The van der Waals surface area contributed by atoms with Gasteiger partial charge in [0.05, 0.1) is 12.0 Å². The molecule has 4 nitrogen and oxygen atoms in total. The van der Waals surface area contributed by atoms with Crippen LogP contribution < -0.4 is 0 Å². The van der Waals surface area contributed by atoms with Crippen molar-refractivity contribution in [3.05, 3.63) is 63.9 Å². The van der Waals surface area contributed by atoms with E-state index in [1.807, 2.05) is 30.6 Å². The molecule has 1 aliphatic rings. The largest absolute Gasteiger partial charge is 0.481 e. The third-order valence-corrected chi connectivity index (χ3v) is 5.18. The first-order valence-electron chi connectivity index (χ1n) is 8.19. The van der Waals surface area contributed by atoms with Gasteiger partial charge in [-0.3, -0.25) is 14.7 Å². The van der Waals surface area contributed by atoms with Crippen LogP contribution in [0.3, 0.4) is 0 Å². The smallest absolute Gasteiger partial charge is 0.307 e. The van der Waals surface area contributed by atoms with Crippen molar-refractivity contribution in [1.82, 2.24) is 9.88 Å². The molecule has 126 valence electrons. The molecule has 24 heavy (non-hydrogen) atoms. The molecule has 0 saturated carbocycles. The summed E-state index contributed by atoms with van der Waals surface area (Å²) in [4.78, 5) is 18.0. The molecular weight excluding hydrogens is 368 g/mol. The van der Waals surface area contributed by atoms with Gasteiger partial charge in [-0.1, -0.05) is 28.1 Å². The number of hydrogen-bond donors (Lipinski definition) is 1. The quantitative estimate of drug-likeness (QED) is 0.858. The second-order valence-electron chi connectivity index (χ2n) is 6.36. The van der Waals surface area contributed by atoms with Crippen molar-refractivity contribution in [2.24, 2.45) is 5.92 Å². The summed E-state index contributed by atoms with van der Waals surface area (Å²) in [5.41, 5.74) is 3.48. The van der Waals surface area contributed by atoms with Crippen molar-refractivity contribution in [1.29, 1.82) is 0 Å². The van der Waals surface area contributed by atoms with Crippen molar-refractivity contribution in [2.75, 3.05) is 13.1 Å². The number of aliphatic carboxylic acids is 1. The Bertz CT molecular complexity index is 735. The molecule has 3 rings (SSSR count). The van der Waals surface area contributed by atoms with E-state index in [0.717, 1.165) is 29.4 Å². The van der Waals surface area contributed by atoms with Gasteiger partial charge in [-0.25, -0.2) is 0 Å². The van der Waals surface area contributed by atoms with E-state index in [0.29, 0.717) is 6.54 Å². The minimum absolute atomic E-state index is 0.0487. The summed E-state index contributed by atoms with van der Waals surface area (Å²) >= 11 is 3.56. The van der Waals surface area contributed by atoms with E-state index >= 15 is 0 Å². The van der Waals surface area contributed by atoms with E-state index in [9.17, 15) is 9.90 Å². The Morgan fingerprint density at radius 3 is 2.96 bits per heavy atom. The van der Waals surface area contributed by atoms with Crippen LogP contribution in [0.2, 0.25) is 0 Å². The van der Waals surface area contributed by atoms with E-state index in [1.165, 1.54) is 11.1 Å². The number of aryl methyl sites for hydroxylation is 1. The highest BCUT2D eigenvalue weighted by atomic mass is 79.9. The van der Waals surface area contributed by atoms with Gasteiger partial charge in [0.15, 0.2) is 0 Å². The zero-order valence-corrected chi connectivity index (χ0v) is 15.2. The molecule has 1 fully saturated rings. The normalized spacial score (nSPS) is 19.8. The summed E-state index contributed by atoms with van der Waals surface area (Å²) in [6.45, 7) is 3.54. The number of carboxylic acid groups (broad SMARTS) is 1. The van der Waals surface area contributed by atoms with Crippen LogP contribution in [0.1, 0.15) is 35.6 Å². The summed E-state index contributed by atoms with van der Waals surface area (Å²) in [5.74, 6) is -0.991. The van der Waals surface area contributed by atoms with Crippen LogP contribution in [0.25, 0.3) is 0 Å². The van der Waals surface area contributed by atoms with E-state index in [1.54, 1.807) is 0 Å². The van der Waals surface area contributed by atoms with Gasteiger partial charge in [-0.05, 0) is 61.2 Å². The Morgan fingerprint density at radius 2 is 2.25 bits per heavy atom. The Balaban J connectivity index is 2.02. The van der Waals surface area contributed by atoms with Crippen molar-refractivity contribution in [2.45, 2.75) is 25.8 Å². The third-order valence-electron chi connectivity index (χ3n) is 4.69. The molecule has 1 aliphatic heterocycles. The summed E-state index contributed by atoms with van der Waals surface area (Å²) in [5, 5.41) is 9.43. The first kappa shape index (κ1) is 17.1. The van der Waals surface area contributed by atoms with Gasteiger partial charge in [0.2, 0.25) is 0 Å². The fraction of sp³-hybridized carbons (Fsp3) is 0.368. The Labute approximate surface area is 150 Å². The molecule has 0 bridgehead atoms.